The number of halogens is 1. The lowest BCUT2D eigenvalue weighted by atomic mass is 10.3. The quantitative estimate of drug-likeness (QED) is 0.858. The van der Waals surface area contributed by atoms with E-state index in [1.807, 2.05) is 13.0 Å². The molecule has 14 heavy (non-hydrogen) atoms. The molecular formula is C9H12BrNO2S. The maximum Gasteiger partial charge on any atom is 0.126 e. The van der Waals surface area contributed by atoms with Crippen LogP contribution >= 0.6 is 15.9 Å². The molecule has 0 aromatic heterocycles. The van der Waals surface area contributed by atoms with Gasteiger partial charge in [0, 0.05) is 16.8 Å². The van der Waals surface area contributed by atoms with E-state index in [1.165, 1.54) is 0 Å². The van der Waals surface area contributed by atoms with Gasteiger partial charge in [-0.2, -0.15) is 0 Å². The van der Waals surface area contributed by atoms with Gasteiger partial charge in [0.05, 0.1) is 15.7 Å². The van der Waals surface area contributed by atoms with E-state index in [4.69, 9.17) is 10.5 Å². The van der Waals surface area contributed by atoms with Gasteiger partial charge in [0.2, 0.25) is 0 Å². The van der Waals surface area contributed by atoms with E-state index >= 15 is 0 Å². The topological polar surface area (TPSA) is 52.3 Å². The number of hydrogen-bond acceptors (Lipinski definition) is 3. The van der Waals surface area contributed by atoms with Gasteiger partial charge in [-0.05, 0) is 25.1 Å². The summed E-state index contributed by atoms with van der Waals surface area (Å²) in [5.74, 6) is 0.197. The van der Waals surface area contributed by atoms with E-state index < -0.39 is 10.8 Å². The average molecular weight is 278 g/mol. The predicted octanol–water partition coefficient (Wildman–Crippen LogP) is 2.13. The number of hydrogen-bond donors (Lipinski definition) is 1. The third-order valence-electron chi connectivity index (χ3n) is 1.61. The van der Waals surface area contributed by atoms with Gasteiger partial charge in [-0.15, -0.1) is 0 Å². The van der Waals surface area contributed by atoms with E-state index in [0.29, 0.717) is 17.2 Å². The molecule has 0 bridgehead atoms. The SMILES string of the molecule is CCOCS(=O)c1ccc(Br)cc1N. The van der Waals surface area contributed by atoms with Crippen molar-refractivity contribution in [3.8, 4) is 0 Å². The van der Waals surface area contributed by atoms with Crippen LogP contribution in [-0.2, 0) is 15.5 Å². The summed E-state index contributed by atoms with van der Waals surface area (Å²) in [5.41, 5.74) is 6.24. The molecule has 0 radical (unpaired) electrons. The first-order chi connectivity index (χ1) is 6.65. The molecule has 0 heterocycles. The summed E-state index contributed by atoms with van der Waals surface area (Å²) >= 11 is 3.29. The Morgan fingerprint density at radius 1 is 1.57 bits per heavy atom. The molecule has 3 nitrogen and oxygen atoms in total. The largest absolute Gasteiger partial charge is 0.398 e. The lowest BCUT2D eigenvalue weighted by molar-refractivity contribution is 0.196. The number of nitrogens with two attached hydrogens (primary N) is 1. The molecule has 1 atom stereocenters. The van der Waals surface area contributed by atoms with Crippen LogP contribution in [0.4, 0.5) is 5.69 Å². The number of ether oxygens (including phenoxy) is 1. The molecule has 2 N–H and O–H groups in total. The molecule has 1 rings (SSSR count). The van der Waals surface area contributed by atoms with Crippen LogP contribution in [0.25, 0.3) is 0 Å². The smallest absolute Gasteiger partial charge is 0.126 e. The zero-order valence-electron chi connectivity index (χ0n) is 7.83. The van der Waals surface area contributed by atoms with Crippen molar-refractivity contribution in [2.24, 2.45) is 0 Å². The van der Waals surface area contributed by atoms with Gasteiger partial charge in [-0.3, -0.25) is 4.21 Å². The van der Waals surface area contributed by atoms with Crippen LogP contribution in [0.2, 0.25) is 0 Å². The third-order valence-corrected chi connectivity index (χ3v) is 3.35. The Morgan fingerprint density at radius 3 is 2.86 bits per heavy atom. The van der Waals surface area contributed by atoms with Crippen LogP contribution < -0.4 is 5.73 Å². The van der Waals surface area contributed by atoms with Crippen molar-refractivity contribution in [3.05, 3.63) is 22.7 Å². The Morgan fingerprint density at radius 2 is 2.29 bits per heavy atom. The average Bonchev–Trinajstić information content (AvgIpc) is 2.14. The van der Waals surface area contributed by atoms with Crippen molar-refractivity contribution in [3.63, 3.8) is 0 Å². The summed E-state index contributed by atoms with van der Waals surface area (Å²) in [5, 5.41) is 0. The molecule has 0 spiro atoms. The Balaban J connectivity index is 2.80. The minimum Gasteiger partial charge on any atom is -0.398 e. The first kappa shape index (κ1) is 11.7. The van der Waals surface area contributed by atoms with E-state index in [1.54, 1.807) is 12.1 Å². The highest BCUT2D eigenvalue weighted by Crippen LogP contribution is 2.21. The fourth-order valence-electron chi connectivity index (χ4n) is 0.949. The molecule has 5 heteroatoms. The molecule has 0 aliphatic rings. The second-order valence-corrected chi connectivity index (χ2v) is 4.92. The summed E-state index contributed by atoms with van der Waals surface area (Å²) in [6.45, 7) is 2.42. The Hall–Kier alpha value is -0.390. The summed E-state index contributed by atoms with van der Waals surface area (Å²) < 4.78 is 17.6. The maximum absolute atomic E-state index is 11.6. The van der Waals surface area contributed by atoms with E-state index in [-0.39, 0.29) is 5.94 Å². The molecule has 0 saturated carbocycles. The zero-order valence-corrected chi connectivity index (χ0v) is 10.2. The maximum atomic E-state index is 11.6. The molecule has 0 aliphatic heterocycles. The van der Waals surface area contributed by atoms with Gasteiger partial charge in [-0.25, -0.2) is 0 Å². The van der Waals surface area contributed by atoms with Gasteiger partial charge in [0.25, 0.3) is 0 Å². The van der Waals surface area contributed by atoms with Gasteiger partial charge in [0.1, 0.15) is 5.94 Å². The molecule has 78 valence electrons. The van der Waals surface area contributed by atoms with Crippen molar-refractivity contribution in [1.29, 1.82) is 0 Å². The highest BCUT2D eigenvalue weighted by molar-refractivity contribution is 9.10. The van der Waals surface area contributed by atoms with Crippen LogP contribution in [0.5, 0.6) is 0 Å². The highest BCUT2D eigenvalue weighted by atomic mass is 79.9. The van der Waals surface area contributed by atoms with Crippen LogP contribution in [-0.4, -0.2) is 16.8 Å². The number of anilines is 1. The minimum atomic E-state index is -1.17. The van der Waals surface area contributed by atoms with Crippen LogP contribution in [0.3, 0.4) is 0 Å². The number of benzene rings is 1. The van der Waals surface area contributed by atoms with Gasteiger partial charge >= 0.3 is 0 Å². The van der Waals surface area contributed by atoms with Crippen molar-refractivity contribution in [2.75, 3.05) is 18.3 Å². The lowest BCUT2D eigenvalue weighted by Crippen LogP contribution is -2.05. The van der Waals surface area contributed by atoms with E-state index in [2.05, 4.69) is 15.9 Å². The van der Waals surface area contributed by atoms with Crippen molar-refractivity contribution < 1.29 is 8.95 Å². The van der Waals surface area contributed by atoms with Crippen LogP contribution in [0, 0.1) is 0 Å². The third kappa shape index (κ3) is 3.08. The highest BCUT2D eigenvalue weighted by Gasteiger charge is 2.07. The van der Waals surface area contributed by atoms with Crippen LogP contribution in [0.15, 0.2) is 27.6 Å². The molecular weight excluding hydrogens is 266 g/mol. The zero-order chi connectivity index (χ0) is 10.6. The summed E-state index contributed by atoms with van der Waals surface area (Å²) in [7, 11) is -1.17. The fraction of sp³-hybridized carbons (Fsp3) is 0.333. The van der Waals surface area contributed by atoms with Gasteiger partial charge < -0.3 is 10.5 Å². The second kappa shape index (κ2) is 5.48. The van der Waals surface area contributed by atoms with Crippen molar-refractivity contribution in [2.45, 2.75) is 11.8 Å². The van der Waals surface area contributed by atoms with E-state index in [0.717, 1.165) is 4.47 Å². The van der Waals surface area contributed by atoms with E-state index in [9.17, 15) is 4.21 Å². The molecule has 1 aromatic carbocycles. The molecule has 1 unspecified atom stereocenters. The standard InChI is InChI=1S/C9H12BrNO2S/c1-2-13-6-14(12)9-4-3-7(10)5-8(9)11/h3-5H,2,6,11H2,1H3. The van der Waals surface area contributed by atoms with Crippen molar-refractivity contribution >= 4 is 32.4 Å². The molecule has 0 aliphatic carbocycles. The van der Waals surface area contributed by atoms with Gasteiger partial charge in [-0.1, -0.05) is 15.9 Å². The first-order valence-corrected chi connectivity index (χ1v) is 6.27. The summed E-state index contributed by atoms with van der Waals surface area (Å²) in [6, 6.07) is 5.29. The number of rotatable bonds is 4. The van der Waals surface area contributed by atoms with Gasteiger partial charge in [0.15, 0.2) is 0 Å². The predicted molar refractivity (Wildman–Crippen MR) is 61.5 cm³/mol. The normalized spacial score (nSPS) is 12.7. The monoisotopic (exact) mass is 277 g/mol. The molecule has 0 saturated heterocycles. The first-order valence-electron chi connectivity index (χ1n) is 4.16. The minimum absolute atomic E-state index is 0.197. The lowest BCUT2D eigenvalue weighted by Gasteiger charge is -2.05. The fourth-order valence-corrected chi connectivity index (χ4v) is 2.31. The Labute approximate surface area is 94.2 Å². The second-order valence-electron chi connectivity index (χ2n) is 2.64. The van der Waals surface area contributed by atoms with Crippen LogP contribution in [0.1, 0.15) is 6.92 Å². The Bertz CT molecular complexity index is 344. The summed E-state index contributed by atoms with van der Waals surface area (Å²) in [4.78, 5) is 0.627. The Kier molecular flexibility index (Phi) is 4.57. The molecule has 1 aromatic rings. The molecule has 0 amide bonds. The van der Waals surface area contributed by atoms with Crippen molar-refractivity contribution in [1.82, 2.24) is 0 Å². The summed E-state index contributed by atoms with van der Waals surface area (Å²) in [6.07, 6.45) is 0. The number of nitrogen functional groups attached to an aromatic ring is 1. The molecule has 0 fully saturated rings.